The summed E-state index contributed by atoms with van der Waals surface area (Å²) >= 11 is 0. The van der Waals surface area contributed by atoms with Crippen molar-refractivity contribution < 1.29 is 27.4 Å². The van der Waals surface area contributed by atoms with E-state index in [1.807, 2.05) is 0 Å². The Bertz CT molecular complexity index is 396. The van der Waals surface area contributed by atoms with Crippen LogP contribution in [0, 0.1) is 0 Å². The molecule has 0 unspecified atom stereocenters. The molecule has 2 N–H and O–H groups in total. The van der Waals surface area contributed by atoms with Crippen LogP contribution in [0.15, 0.2) is 18.2 Å². The minimum absolute atomic E-state index is 0.0493. The lowest BCUT2D eigenvalue weighted by Gasteiger charge is -2.12. The van der Waals surface area contributed by atoms with Crippen molar-refractivity contribution in [1.29, 1.82) is 0 Å². The number of hydrogen-bond acceptors (Lipinski definition) is 4. The highest BCUT2D eigenvalue weighted by Gasteiger charge is 2.30. The summed E-state index contributed by atoms with van der Waals surface area (Å²) in [7, 11) is 1.56. The van der Waals surface area contributed by atoms with E-state index in [9.17, 15) is 13.2 Å². The first kappa shape index (κ1) is 15.6. The molecular weight excluding hydrogens is 263 g/mol. The lowest BCUT2D eigenvalue weighted by Crippen LogP contribution is -2.11. The molecule has 1 aromatic carbocycles. The number of alkyl halides is 3. The van der Waals surface area contributed by atoms with E-state index in [0.29, 0.717) is 19.8 Å². The average molecular weight is 279 g/mol. The Morgan fingerprint density at radius 1 is 1.11 bits per heavy atom. The number of rotatable bonds is 7. The Hall–Kier alpha value is -1.47. The van der Waals surface area contributed by atoms with E-state index in [2.05, 4.69) is 0 Å². The van der Waals surface area contributed by atoms with Crippen LogP contribution in [0.25, 0.3) is 0 Å². The molecular formula is C12H16F3NO3. The van der Waals surface area contributed by atoms with Gasteiger partial charge in [-0.1, -0.05) is 0 Å². The second-order valence-corrected chi connectivity index (χ2v) is 3.70. The molecule has 0 aliphatic heterocycles. The fourth-order valence-electron chi connectivity index (χ4n) is 1.31. The van der Waals surface area contributed by atoms with E-state index in [1.54, 1.807) is 7.11 Å². The number of hydrogen-bond donors (Lipinski definition) is 1. The van der Waals surface area contributed by atoms with Gasteiger partial charge in [-0.2, -0.15) is 13.2 Å². The summed E-state index contributed by atoms with van der Waals surface area (Å²) in [4.78, 5) is 0. The quantitative estimate of drug-likeness (QED) is 0.615. The number of nitrogens with two attached hydrogens (primary N) is 1. The van der Waals surface area contributed by atoms with Crippen molar-refractivity contribution >= 4 is 5.69 Å². The first-order valence-electron chi connectivity index (χ1n) is 5.61. The van der Waals surface area contributed by atoms with Crippen LogP contribution in [0.4, 0.5) is 18.9 Å². The average Bonchev–Trinajstić information content (AvgIpc) is 2.34. The van der Waals surface area contributed by atoms with E-state index < -0.39 is 11.7 Å². The fourth-order valence-corrected chi connectivity index (χ4v) is 1.31. The van der Waals surface area contributed by atoms with Gasteiger partial charge in [0.25, 0.3) is 0 Å². The van der Waals surface area contributed by atoms with Crippen molar-refractivity contribution in [3.63, 3.8) is 0 Å². The lowest BCUT2D eigenvalue weighted by atomic mass is 10.2. The van der Waals surface area contributed by atoms with Gasteiger partial charge >= 0.3 is 6.18 Å². The molecule has 4 nitrogen and oxygen atoms in total. The minimum atomic E-state index is -4.41. The molecule has 0 radical (unpaired) electrons. The minimum Gasteiger partial charge on any atom is -0.489 e. The molecule has 108 valence electrons. The lowest BCUT2D eigenvalue weighted by molar-refractivity contribution is -0.137. The molecule has 0 saturated carbocycles. The normalized spacial score (nSPS) is 11.6. The summed E-state index contributed by atoms with van der Waals surface area (Å²) in [6, 6.07) is 2.98. The van der Waals surface area contributed by atoms with Gasteiger partial charge in [-0.15, -0.1) is 0 Å². The summed E-state index contributed by atoms with van der Waals surface area (Å²) in [6.45, 7) is 1.42. The third-order valence-electron chi connectivity index (χ3n) is 2.25. The van der Waals surface area contributed by atoms with Crippen molar-refractivity contribution in [2.75, 3.05) is 39.3 Å². The summed E-state index contributed by atoms with van der Waals surface area (Å²) < 4.78 is 52.3. The van der Waals surface area contributed by atoms with Gasteiger partial charge in [0.05, 0.1) is 31.1 Å². The molecule has 7 heteroatoms. The van der Waals surface area contributed by atoms with Crippen LogP contribution in [0.2, 0.25) is 0 Å². The van der Waals surface area contributed by atoms with Gasteiger partial charge in [0, 0.05) is 7.11 Å². The van der Waals surface area contributed by atoms with Crippen LogP contribution >= 0.6 is 0 Å². The molecule has 1 rings (SSSR count). The second kappa shape index (κ2) is 7.20. The van der Waals surface area contributed by atoms with Crippen LogP contribution in [0.5, 0.6) is 5.75 Å². The molecule has 0 spiro atoms. The standard InChI is InChI=1S/C12H16F3NO3/c1-17-4-5-18-6-7-19-11-3-2-9(8-10(11)16)12(13,14)15/h2-3,8H,4-7,16H2,1H3. The molecule has 0 aromatic heterocycles. The zero-order valence-corrected chi connectivity index (χ0v) is 10.5. The zero-order chi connectivity index (χ0) is 14.3. The van der Waals surface area contributed by atoms with Gasteiger partial charge in [0.2, 0.25) is 0 Å². The van der Waals surface area contributed by atoms with Crippen LogP contribution in [-0.4, -0.2) is 33.5 Å². The number of halogens is 3. The topological polar surface area (TPSA) is 53.7 Å². The highest BCUT2D eigenvalue weighted by Crippen LogP contribution is 2.33. The van der Waals surface area contributed by atoms with Gasteiger partial charge in [-0.05, 0) is 18.2 Å². The predicted octanol–water partition coefficient (Wildman–Crippen LogP) is 2.33. The summed E-state index contributed by atoms with van der Waals surface area (Å²) in [5.74, 6) is 0.211. The highest BCUT2D eigenvalue weighted by molar-refractivity contribution is 5.54. The molecule has 0 heterocycles. The van der Waals surface area contributed by atoms with E-state index in [4.69, 9.17) is 19.9 Å². The number of anilines is 1. The Labute approximate surface area is 109 Å². The Balaban J connectivity index is 2.43. The van der Waals surface area contributed by atoms with E-state index in [-0.39, 0.29) is 18.0 Å². The molecule has 1 aromatic rings. The third kappa shape index (κ3) is 5.35. The number of benzene rings is 1. The smallest absolute Gasteiger partial charge is 0.416 e. The maximum Gasteiger partial charge on any atom is 0.416 e. The van der Waals surface area contributed by atoms with Crippen molar-refractivity contribution in [3.05, 3.63) is 23.8 Å². The molecule has 19 heavy (non-hydrogen) atoms. The number of nitrogen functional groups attached to an aromatic ring is 1. The van der Waals surface area contributed by atoms with Crippen LogP contribution in [-0.2, 0) is 15.7 Å². The van der Waals surface area contributed by atoms with Crippen LogP contribution < -0.4 is 10.5 Å². The summed E-state index contributed by atoms with van der Waals surface area (Å²) in [5, 5.41) is 0. The Kier molecular flexibility index (Phi) is 5.91. The van der Waals surface area contributed by atoms with Gasteiger partial charge in [0.1, 0.15) is 12.4 Å². The van der Waals surface area contributed by atoms with Crippen molar-refractivity contribution in [2.45, 2.75) is 6.18 Å². The second-order valence-electron chi connectivity index (χ2n) is 3.70. The maximum absolute atomic E-state index is 12.4. The third-order valence-corrected chi connectivity index (χ3v) is 2.25. The number of methoxy groups -OCH3 is 1. The van der Waals surface area contributed by atoms with Gasteiger partial charge < -0.3 is 19.9 Å². The predicted molar refractivity (Wildman–Crippen MR) is 64.0 cm³/mol. The molecule has 0 saturated heterocycles. The van der Waals surface area contributed by atoms with E-state index >= 15 is 0 Å². The van der Waals surface area contributed by atoms with Crippen molar-refractivity contribution in [1.82, 2.24) is 0 Å². The van der Waals surface area contributed by atoms with Gasteiger partial charge in [-0.25, -0.2) is 0 Å². The SMILES string of the molecule is COCCOCCOc1ccc(C(F)(F)F)cc1N. The fraction of sp³-hybridized carbons (Fsp3) is 0.500. The molecule has 0 amide bonds. The molecule has 0 fully saturated rings. The Morgan fingerprint density at radius 3 is 2.37 bits per heavy atom. The van der Waals surface area contributed by atoms with E-state index in [1.165, 1.54) is 6.07 Å². The van der Waals surface area contributed by atoms with Crippen molar-refractivity contribution in [2.24, 2.45) is 0 Å². The maximum atomic E-state index is 12.4. The van der Waals surface area contributed by atoms with Gasteiger partial charge in [-0.3, -0.25) is 0 Å². The Morgan fingerprint density at radius 2 is 1.79 bits per heavy atom. The van der Waals surface area contributed by atoms with Crippen molar-refractivity contribution in [3.8, 4) is 5.75 Å². The van der Waals surface area contributed by atoms with Gasteiger partial charge in [0.15, 0.2) is 0 Å². The van der Waals surface area contributed by atoms with Crippen LogP contribution in [0.3, 0.4) is 0 Å². The monoisotopic (exact) mass is 279 g/mol. The van der Waals surface area contributed by atoms with E-state index in [0.717, 1.165) is 12.1 Å². The largest absolute Gasteiger partial charge is 0.489 e. The number of ether oxygens (including phenoxy) is 3. The molecule has 0 aliphatic carbocycles. The van der Waals surface area contributed by atoms with Crippen LogP contribution in [0.1, 0.15) is 5.56 Å². The summed E-state index contributed by atoms with van der Waals surface area (Å²) in [6.07, 6.45) is -4.41. The molecule has 0 atom stereocenters. The zero-order valence-electron chi connectivity index (χ0n) is 10.5. The molecule has 0 bridgehead atoms. The molecule has 0 aliphatic rings. The highest BCUT2D eigenvalue weighted by atomic mass is 19.4. The first-order valence-corrected chi connectivity index (χ1v) is 5.61. The first-order chi connectivity index (χ1) is 8.95. The summed E-state index contributed by atoms with van der Waals surface area (Å²) in [5.41, 5.74) is 4.65.